The van der Waals surface area contributed by atoms with E-state index in [2.05, 4.69) is 10.3 Å². The molecule has 1 rings (SSSR count). The third kappa shape index (κ3) is 3.63. The number of nitrogens with zero attached hydrogens (tertiary/aromatic N) is 1. The minimum Gasteiger partial charge on any atom is -0.481 e. The molecule has 6 heteroatoms. The van der Waals surface area contributed by atoms with Crippen LogP contribution in [0.5, 0.6) is 0 Å². The van der Waals surface area contributed by atoms with Gasteiger partial charge in [0.1, 0.15) is 11.9 Å². The van der Waals surface area contributed by atoms with E-state index >= 15 is 0 Å². The van der Waals surface area contributed by atoms with Gasteiger partial charge in [0.15, 0.2) is 0 Å². The highest BCUT2D eigenvalue weighted by Crippen LogP contribution is 2.05. The normalized spacial score (nSPS) is 11.7. The van der Waals surface area contributed by atoms with Crippen LogP contribution in [0.2, 0.25) is 0 Å². The zero-order chi connectivity index (χ0) is 11.3. The van der Waals surface area contributed by atoms with E-state index in [9.17, 15) is 9.59 Å². The largest absolute Gasteiger partial charge is 0.481 e. The molecule has 0 saturated carbocycles. The smallest absolute Gasteiger partial charge is 0.326 e. The van der Waals surface area contributed by atoms with E-state index in [1.807, 2.05) is 0 Å². The van der Waals surface area contributed by atoms with Crippen LogP contribution in [0.25, 0.3) is 0 Å². The number of aromatic nitrogens is 1. The van der Waals surface area contributed by atoms with Crippen molar-refractivity contribution in [2.45, 2.75) is 12.5 Å². The predicted molar refractivity (Wildman–Crippen MR) is 51.5 cm³/mol. The molecule has 1 aromatic rings. The number of carbonyl (C=O) groups is 2. The maximum atomic E-state index is 10.7. The van der Waals surface area contributed by atoms with Crippen LogP contribution in [0.3, 0.4) is 0 Å². The third-order valence-corrected chi connectivity index (χ3v) is 1.66. The monoisotopic (exact) mass is 210 g/mol. The number of anilines is 1. The number of hydrogen-bond donors (Lipinski definition) is 3. The molecular formula is C9H10N2O4. The van der Waals surface area contributed by atoms with Gasteiger partial charge in [0.2, 0.25) is 0 Å². The second kappa shape index (κ2) is 4.94. The summed E-state index contributed by atoms with van der Waals surface area (Å²) in [4.78, 5) is 24.9. The van der Waals surface area contributed by atoms with E-state index in [0.717, 1.165) is 0 Å². The van der Waals surface area contributed by atoms with Gasteiger partial charge in [0, 0.05) is 6.20 Å². The Labute approximate surface area is 85.6 Å². The fourth-order valence-corrected chi connectivity index (χ4v) is 1.00. The van der Waals surface area contributed by atoms with Gasteiger partial charge in [-0.1, -0.05) is 6.07 Å². The van der Waals surface area contributed by atoms with E-state index in [1.165, 1.54) is 6.20 Å². The Morgan fingerprint density at radius 3 is 2.60 bits per heavy atom. The number of hydrogen-bond acceptors (Lipinski definition) is 4. The zero-order valence-electron chi connectivity index (χ0n) is 7.75. The van der Waals surface area contributed by atoms with Gasteiger partial charge < -0.3 is 15.5 Å². The fraction of sp³-hybridized carbons (Fsp3) is 0.222. The van der Waals surface area contributed by atoms with Crippen molar-refractivity contribution in [1.29, 1.82) is 0 Å². The van der Waals surface area contributed by atoms with Crippen molar-refractivity contribution in [2.75, 3.05) is 5.32 Å². The predicted octanol–water partition coefficient (Wildman–Crippen LogP) is 0.421. The molecule has 1 atom stereocenters. The number of nitrogens with one attached hydrogen (secondary N) is 1. The van der Waals surface area contributed by atoms with E-state index in [-0.39, 0.29) is 0 Å². The second-order valence-corrected chi connectivity index (χ2v) is 2.85. The van der Waals surface area contributed by atoms with Crippen molar-refractivity contribution in [3.05, 3.63) is 24.4 Å². The maximum absolute atomic E-state index is 10.7. The van der Waals surface area contributed by atoms with Crippen molar-refractivity contribution in [2.24, 2.45) is 0 Å². The number of aliphatic carboxylic acids is 2. The number of rotatable bonds is 5. The first-order chi connectivity index (χ1) is 7.09. The second-order valence-electron chi connectivity index (χ2n) is 2.85. The van der Waals surface area contributed by atoms with Crippen molar-refractivity contribution < 1.29 is 19.8 Å². The van der Waals surface area contributed by atoms with E-state index in [0.29, 0.717) is 5.82 Å². The van der Waals surface area contributed by atoms with Gasteiger partial charge in [-0.25, -0.2) is 9.78 Å². The highest BCUT2D eigenvalue weighted by Gasteiger charge is 2.20. The lowest BCUT2D eigenvalue weighted by Gasteiger charge is -2.12. The lowest BCUT2D eigenvalue weighted by molar-refractivity contribution is -0.144. The minimum absolute atomic E-state index is 0.339. The average Bonchev–Trinajstić information content (AvgIpc) is 2.17. The first kappa shape index (κ1) is 11.0. The summed E-state index contributed by atoms with van der Waals surface area (Å²) in [5.41, 5.74) is 0. The van der Waals surface area contributed by atoms with Crippen LogP contribution >= 0.6 is 0 Å². The number of carboxylic acid groups (broad SMARTS) is 2. The zero-order valence-corrected chi connectivity index (χ0v) is 7.75. The Kier molecular flexibility index (Phi) is 3.61. The Morgan fingerprint density at radius 1 is 1.40 bits per heavy atom. The fourth-order valence-electron chi connectivity index (χ4n) is 1.00. The van der Waals surface area contributed by atoms with Crippen LogP contribution < -0.4 is 5.32 Å². The first-order valence-electron chi connectivity index (χ1n) is 4.22. The lowest BCUT2D eigenvalue weighted by atomic mass is 10.2. The summed E-state index contributed by atoms with van der Waals surface area (Å²) < 4.78 is 0. The van der Waals surface area contributed by atoms with E-state index < -0.39 is 24.4 Å². The molecule has 0 bridgehead atoms. The average molecular weight is 210 g/mol. The van der Waals surface area contributed by atoms with Crippen molar-refractivity contribution in [3.8, 4) is 0 Å². The molecule has 0 aliphatic rings. The summed E-state index contributed by atoms with van der Waals surface area (Å²) in [5.74, 6) is -2.06. The molecule has 0 saturated heterocycles. The standard InChI is InChI=1S/C9H10N2O4/c12-8(13)5-6(9(14)15)11-7-3-1-2-4-10-7/h1-4,6H,5H2,(H,10,11)(H,12,13)(H,14,15). The highest BCUT2D eigenvalue weighted by atomic mass is 16.4. The molecule has 3 N–H and O–H groups in total. The minimum atomic E-state index is -1.22. The molecule has 0 aliphatic heterocycles. The van der Waals surface area contributed by atoms with Crippen LogP contribution in [0.4, 0.5) is 5.82 Å². The summed E-state index contributed by atoms with van der Waals surface area (Å²) >= 11 is 0. The molecule has 0 radical (unpaired) electrons. The first-order valence-corrected chi connectivity index (χ1v) is 4.22. The van der Waals surface area contributed by atoms with Crippen LogP contribution in [-0.2, 0) is 9.59 Å². The number of carboxylic acids is 2. The number of pyridine rings is 1. The van der Waals surface area contributed by atoms with Gasteiger partial charge in [-0.2, -0.15) is 0 Å². The molecule has 0 aliphatic carbocycles. The molecule has 0 fully saturated rings. The van der Waals surface area contributed by atoms with Gasteiger partial charge in [0.05, 0.1) is 6.42 Å². The van der Waals surface area contributed by atoms with Gasteiger partial charge in [-0.3, -0.25) is 4.79 Å². The summed E-state index contributed by atoms with van der Waals surface area (Å²) in [5, 5.41) is 19.7. The topological polar surface area (TPSA) is 99.5 Å². The molecule has 6 nitrogen and oxygen atoms in total. The molecule has 0 aromatic carbocycles. The molecule has 1 unspecified atom stereocenters. The maximum Gasteiger partial charge on any atom is 0.326 e. The van der Waals surface area contributed by atoms with Gasteiger partial charge in [-0.15, -0.1) is 0 Å². The summed E-state index contributed by atoms with van der Waals surface area (Å²) in [6.07, 6.45) is 0.994. The van der Waals surface area contributed by atoms with Crippen LogP contribution in [0.15, 0.2) is 24.4 Å². The Bertz CT molecular complexity index is 352. The van der Waals surface area contributed by atoms with Crippen molar-refractivity contribution >= 4 is 17.8 Å². The Balaban J connectivity index is 2.67. The van der Waals surface area contributed by atoms with Gasteiger partial charge in [-0.05, 0) is 12.1 Å². The van der Waals surface area contributed by atoms with Crippen LogP contribution in [0, 0.1) is 0 Å². The highest BCUT2D eigenvalue weighted by molar-refractivity contribution is 5.83. The van der Waals surface area contributed by atoms with E-state index in [1.54, 1.807) is 18.2 Å². The Hall–Kier alpha value is -2.11. The molecular weight excluding hydrogens is 200 g/mol. The molecule has 80 valence electrons. The molecule has 0 spiro atoms. The summed E-state index contributed by atoms with van der Waals surface area (Å²) in [6.45, 7) is 0. The van der Waals surface area contributed by atoms with Crippen molar-refractivity contribution in [1.82, 2.24) is 4.98 Å². The molecule has 0 amide bonds. The Morgan fingerprint density at radius 2 is 2.13 bits per heavy atom. The molecule has 1 heterocycles. The molecule has 15 heavy (non-hydrogen) atoms. The summed E-state index contributed by atoms with van der Waals surface area (Å²) in [7, 11) is 0. The molecule has 1 aromatic heterocycles. The SMILES string of the molecule is O=C(O)CC(Nc1ccccn1)C(=O)O. The van der Waals surface area contributed by atoms with Crippen LogP contribution in [0.1, 0.15) is 6.42 Å². The lowest BCUT2D eigenvalue weighted by Crippen LogP contribution is -2.32. The van der Waals surface area contributed by atoms with Gasteiger partial charge >= 0.3 is 11.9 Å². The van der Waals surface area contributed by atoms with Gasteiger partial charge in [0.25, 0.3) is 0 Å². The summed E-state index contributed by atoms with van der Waals surface area (Å²) in [6, 6.07) is 3.75. The third-order valence-electron chi connectivity index (χ3n) is 1.66. The van der Waals surface area contributed by atoms with Crippen molar-refractivity contribution in [3.63, 3.8) is 0 Å². The van der Waals surface area contributed by atoms with Crippen LogP contribution in [-0.4, -0.2) is 33.2 Å². The quantitative estimate of drug-likeness (QED) is 0.651. The van der Waals surface area contributed by atoms with E-state index in [4.69, 9.17) is 10.2 Å².